The molecular formula is C13H12N2O2. The highest BCUT2D eigenvalue weighted by Gasteiger charge is 2.12. The van der Waals surface area contributed by atoms with E-state index >= 15 is 0 Å². The molecule has 0 fully saturated rings. The Morgan fingerprint density at radius 3 is 2.76 bits per heavy atom. The molecule has 0 bridgehead atoms. The van der Waals surface area contributed by atoms with Crippen LogP contribution in [0.25, 0.3) is 0 Å². The summed E-state index contributed by atoms with van der Waals surface area (Å²) in [5.74, 6) is 0.499. The van der Waals surface area contributed by atoms with E-state index in [0.29, 0.717) is 17.7 Å². The molecule has 86 valence electrons. The number of pyridine rings is 2. The monoisotopic (exact) mass is 228 g/mol. The molecule has 0 spiro atoms. The lowest BCUT2D eigenvalue weighted by Gasteiger charge is -2.06. The van der Waals surface area contributed by atoms with E-state index in [9.17, 15) is 4.79 Å². The van der Waals surface area contributed by atoms with E-state index in [4.69, 9.17) is 4.74 Å². The zero-order valence-electron chi connectivity index (χ0n) is 9.46. The first-order valence-corrected chi connectivity index (χ1v) is 5.21. The number of carbonyl (C=O) groups excluding carboxylic acids is 1. The lowest BCUT2D eigenvalue weighted by atomic mass is 10.0. The third kappa shape index (κ3) is 2.66. The molecule has 0 aliphatic carbocycles. The zero-order valence-corrected chi connectivity index (χ0v) is 9.46. The zero-order chi connectivity index (χ0) is 12.1. The molecule has 4 heteroatoms. The van der Waals surface area contributed by atoms with Crippen LogP contribution in [0.3, 0.4) is 0 Å². The van der Waals surface area contributed by atoms with E-state index in [1.807, 2.05) is 12.1 Å². The first kappa shape index (κ1) is 11.3. The summed E-state index contributed by atoms with van der Waals surface area (Å²) in [6.07, 6.45) is 6.80. The molecule has 0 aliphatic rings. The number of carbonyl (C=O) groups is 1. The van der Waals surface area contributed by atoms with Crippen LogP contribution in [-0.2, 0) is 6.42 Å². The van der Waals surface area contributed by atoms with Gasteiger partial charge in [0, 0.05) is 25.0 Å². The third-order valence-electron chi connectivity index (χ3n) is 2.39. The molecule has 0 saturated carbocycles. The fourth-order valence-corrected chi connectivity index (χ4v) is 1.56. The molecule has 0 amide bonds. The lowest BCUT2D eigenvalue weighted by Crippen LogP contribution is -2.06. The maximum Gasteiger partial charge on any atom is 0.171 e. The second kappa shape index (κ2) is 5.21. The Hall–Kier alpha value is -2.23. The molecule has 4 nitrogen and oxygen atoms in total. The van der Waals surface area contributed by atoms with Gasteiger partial charge in [0.05, 0.1) is 18.9 Å². The second-order valence-corrected chi connectivity index (χ2v) is 3.54. The highest BCUT2D eigenvalue weighted by Crippen LogP contribution is 2.17. The molecule has 2 heterocycles. The summed E-state index contributed by atoms with van der Waals surface area (Å²) >= 11 is 0. The standard InChI is InChI=1S/C13H12N2O2/c1-17-13-9-15-6-4-11(13)12(16)7-10-3-2-5-14-8-10/h2-6,8-9H,7H2,1H3. The molecule has 0 saturated heterocycles. The van der Waals surface area contributed by atoms with Gasteiger partial charge in [-0.1, -0.05) is 6.07 Å². The molecule has 0 atom stereocenters. The van der Waals surface area contributed by atoms with Crippen molar-refractivity contribution in [3.05, 3.63) is 54.1 Å². The maximum atomic E-state index is 12.1. The summed E-state index contributed by atoms with van der Waals surface area (Å²) < 4.78 is 5.11. The van der Waals surface area contributed by atoms with E-state index < -0.39 is 0 Å². The Morgan fingerprint density at radius 1 is 1.24 bits per heavy atom. The number of aromatic nitrogens is 2. The van der Waals surface area contributed by atoms with Gasteiger partial charge in [0.25, 0.3) is 0 Å². The Balaban J connectivity index is 2.20. The van der Waals surface area contributed by atoms with Crippen molar-refractivity contribution in [2.75, 3.05) is 7.11 Å². The van der Waals surface area contributed by atoms with E-state index in [1.165, 1.54) is 13.3 Å². The Labute approximate surface area is 99.3 Å². The summed E-state index contributed by atoms with van der Waals surface area (Å²) in [4.78, 5) is 20.0. The molecule has 17 heavy (non-hydrogen) atoms. The van der Waals surface area contributed by atoms with Crippen LogP contribution in [-0.4, -0.2) is 22.9 Å². The highest BCUT2D eigenvalue weighted by atomic mass is 16.5. The first-order chi connectivity index (χ1) is 8.31. The number of nitrogens with zero attached hydrogens (tertiary/aromatic N) is 2. The summed E-state index contributed by atoms with van der Waals surface area (Å²) in [5, 5.41) is 0. The van der Waals surface area contributed by atoms with Crippen LogP contribution in [0.2, 0.25) is 0 Å². The van der Waals surface area contributed by atoms with Crippen LogP contribution < -0.4 is 4.74 Å². The molecule has 2 aromatic rings. The number of ketones is 1. The first-order valence-electron chi connectivity index (χ1n) is 5.21. The van der Waals surface area contributed by atoms with E-state index in [1.54, 1.807) is 24.7 Å². The minimum atomic E-state index is -0.00255. The predicted molar refractivity (Wildman–Crippen MR) is 63.1 cm³/mol. The van der Waals surface area contributed by atoms with Gasteiger partial charge in [-0.15, -0.1) is 0 Å². The lowest BCUT2D eigenvalue weighted by molar-refractivity contribution is 0.0990. The van der Waals surface area contributed by atoms with Crippen molar-refractivity contribution in [1.82, 2.24) is 9.97 Å². The van der Waals surface area contributed by atoms with E-state index in [-0.39, 0.29) is 5.78 Å². The number of rotatable bonds is 4. The van der Waals surface area contributed by atoms with Gasteiger partial charge in [-0.3, -0.25) is 14.8 Å². The molecule has 0 aromatic carbocycles. The van der Waals surface area contributed by atoms with Crippen molar-refractivity contribution >= 4 is 5.78 Å². The van der Waals surface area contributed by atoms with E-state index in [2.05, 4.69) is 9.97 Å². The van der Waals surface area contributed by atoms with E-state index in [0.717, 1.165) is 5.56 Å². The SMILES string of the molecule is COc1cnccc1C(=O)Cc1cccnc1. The molecule has 0 radical (unpaired) electrons. The fraction of sp³-hybridized carbons (Fsp3) is 0.154. The van der Waals surface area contributed by atoms with Crippen LogP contribution in [0, 0.1) is 0 Å². The molecule has 0 unspecified atom stereocenters. The van der Waals surface area contributed by atoms with Gasteiger partial charge in [0.2, 0.25) is 0 Å². The fourth-order valence-electron chi connectivity index (χ4n) is 1.56. The van der Waals surface area contributed by atoms with Crippen molar-refractivity contribution in [2.24, 2.45) is 0 Å². The van der Waals surface area contributed by atoms with Gasteiger partial charge >= 0.3 is 0 Å². The topological polar surface area (TPSA) is 52.1 Å². The largest absolute Gasteiger partial charge is 0.494 e. The quantitative estimate of drug-likeness (QED) is 0.750. The van der Waals surface area contributed by atoms with Crippen molar-refractivity contribution < 1.29 is 9.53 Å². The third-order valence-corrected chi connectivity index (χ3v) is 2.39. The van der Waals surface area contributed by atoms with Crippen molar-refractivity contribution in [2.45, 2.75) is 6.42 Å². The average Bonchev–Trinajstić information content (AvgIpc) is 2.40. The molecule has 2 rings (SSSR count). The smallest absolute Gasteiger partial charge is 0.171 e. The molecule has 2 aromatic heterocycles. The summed E-state index contributed by atoms with van der Waals surface area (Å²) in [7, 11) is 1.53. The van der Waals surface area contributed by atoms with Crippen LogP contribution in [0.1, 0.15) is 15.9 Å². The number of hydrogen-bond acceptors (Lipinski definition) is 4. The van der Waals surface area contributed by atoms with Crippen molar-refractivity contribution in [3.8, 4) is 5.75 Å². The normalized spacial score (nSPS) is 9.94. The summed E-state index contributed by atoms with van der Waals surface area (Å²) in [5.41, 5.74) is 1.43. The van der Waals surface area contributed by atoms with Crippen molar-refractivity contribution in [3.63, 3.8) is 0 Å². The Kier molecular flexibility index (Phi) is 3.45. The second-order valence-electron chi connectivity index (χ2n) is 3.54. The van der Waals surface area contributed by atoms with Crippen LogP contribution in [0.5, 0.6) is 5.75 Å². The van der Waals surface area contributed by atoms with Gasteiger partial charge in [0.15, 0.2) is 5.78 Å². The highest BCUT2D eigenvalue weighted by molar-refractivity contribution is 5.99. The van der Waals surface area contributed by atoms with Crippen LogP contribution >= 0.6 is 0 Å². The number of methoxy groups -OCH3 is 1. The minimum absolute atomic E-state index is 0.00255. The molecule has 0 aliphatic heterocycles. The maximum absolute atomic E-state index is 12.1. The summed E-state index contributed by atoms with van der Waals surface area (Å²) in [6.45, 7) is 0. The van der Waals surface area contributed by atoms with Crippen LogP contribution in [0.4, 0.5) is 0 Å². The van der Waals surface area contributed by atoms with Gasteiger partial charge in [0.1, 0.15) is 5.75 Å². The van der Waals surface area contributed by atoms with Gasteiger partial charge < -0.3 is 4.74 Å². The average molecular weight is 228 g/mol. The number of Topliss-reactive ketones (excluding diaryl/α,β-unsaturated/α-hetero) is 1. The van der Waals surface area contributed by atoms with Gasteiger partial charge in [-0.05, 0) is 17.7 Å². The van der Waals surface area contributed by atoms with Gasteiger partial charge in [-0.25, -0.2) is 0 Å². The number of hydrogen-bond donors (Lipinski definition) is 0. The van der Waals surface area contributed by atoms with Crippen molar-refractivity contribution in [1.29, 1.82) is 0 Å². The van der Waals surface area contributed by atoms with Gasteiger partial charge in [-0.2, -0.15) is 0 Å². The Morgan fingerprint density at radius 2 is 2.06 bits per heavy atom. The predicted octanol–water partition coefficient (Wildman–Crippen LogP) is 1.91. The van der Waals surface area contributed by atoms with Crippen LogP contribution in [0.15, 0.2) is 43.0 Å². The molecular weight excluding hydrogens is 216 g/mol. The summed E-state index contributed by atoms with van der Waals surface area (Å²) in [6, 6.07) is 5.35. The number of ether oxygens (including phenoxy) is 1. The molecule has 0 N–H and O–H groups in total. The minimum Gasteiger partial charge on any atom is -0.494 e. The Bertz CT molecular complexity index is 512.